The maximum atomic E-state index is 12.9. The molecule has 2 aromatic carbocycles. The highest BCUT2D eigenvalue weighted by atomic mass is 32.1. The number of fused-ring (bicyclic) bond motifs is 1. The fraction of sp³-hybridized carbons (Fsp3) is 0.217. The SMILES string of the molecule is O=C(Cc1csc2nc(-c3ccccc3)cn12)Nc1ccccc1N1CCOCC1. The Kier molecular flexibility index (Phi) is 5.21. The van der Waals surface area contributed by atoms with Gasteiger partial charge >= 0.3 is 0 Å². The average molecular weight is 419 g/mol. The van der Waals surface area contributed by atoms with Gasteiger partial charge in [-0.1, -0.05) is 42.5 Å². The summed E-state index contributed by atoms with van der Waals surface area (Å²) in [5.74, 6) is -0.0367. The number of hydrogen-bond acceptors (Lipinski definition) is 5. The van der Waals surface area contributed by atoms with Crippen molar-refractivity contribution in [2.24, 2.45) is 0 Å². The highest BCUT2D eigenvalue weighted by Gasteiger charge is 2.17. The van der Waals surface area contributed by atoms with E-state index in [1.807, 2.05) is 70.6 Å². The molecule has 2 aromatic heterocycles. The molecule has 4 aromatic rings. The summed E-state index contributed by atoms with van der Waals surface area (Å²) in [6.45, 7) is 3.07. The molecule has 0 saturated carbocycles. The fourth-order valence-corrected chi connectivity index (χ4v) is 4.60. The first-order valence-corrected chi connectivity index (χ1v) is 10.9. The maximum absolute atomic E-state index is 12.9. The second-order valence-electron chi connectivity index (χ2n) is 7.21. The van der Waals surface area contributed by atoms with Gasteiger partial charge in [0.05, 0.1) is 36.7 Å². The number of carbonyl (C=O) groups is 1. The highest BCUT2D eigenvalue weighted by molar-refractivity contribution is 7.15. The Balaban J connectivity index is 1.34. The largest absolute Gasteiger partial charge is 0.378 e. The van der Waals surface area contributed by atoms with Crippen LogP contribution in [0.2, 0.25) is 0 Å². The van der Waals surface area contributed by atoms with Crippen molar-refractivity contribution in [3.8, 4) is 11.3 Å². The zero-order chi connectivity index (χ0) is 20.3. The zero-order valence-electron chi connectivity index (χ0n) is 16.5. The van der Waals surface area contributed by atoms with Gasteiger partial charge in [0, 0.05) is 35.9 Å². The van der Waals surface area contributed by atoms with Crippen LogP contribution in [0.15, 0.2) is 66.2 Å². The number of carbonyl (C=O) groups excluding carboxylic acids is 1. The predicted octanol–water partition coefficient (Wildman–Crippen LogP) is 4.08. The third-order valence-electron chi connectivity index (χ3n) is 5.22. The van der Waals surface area contributed by atoms with E-state index in [0.717, 1.165) is 46.4 Å². The topological polar surface area (TPSA) is 58.9 Å². The van der Waals surface area contributed by atoms with Crippen molar-refractivity contribution in [1.82, 2.24) is 9.38 Å². The molecule has 1 N–H and O–H groups in total. The monoisotopic (exact) mass is 418 g/mol. The molecule has 30 heavy (non-hydrogen) atoms. The number of thiazole rings is 1. The lowest BCUT2D eigenvalue weighted by Crippen LogP contribution is -2.36. The van der Waals surface area contributed by atoms with Crippen LogP contribution in [-0.2, 0) is 16.0 Å². The van der Waals surface area contributed by atoms with Crippen LogP contribution in [0.1, 0.15) is 5.69 Å². The van der Waals surface area contributed by atoms with Crippen LogP contribution in [-0.4, -0.2) is 41.6 Å². The normalized spacial score (nSPS) is 14.2. The molecular formula is C23H22N4O2S. The van der Waals surface area contributed by atoms with Crippen molar-refractivity contribution < 1.29 is 9.53 Å². The van der Waals surface area contributed by atoms with Crippen LogP contribution in [0, 0.1) is 0 Å². The number of rotatable bonds is 5. The molecule has 0 radical (unpaired) electrons. The van der Waals surface area contributed by atoms with E-state index in [-0.39, 0.29) is 5.91 Å². The minimum atomic E-state index is -0.0367. The zero-order valence-corrected chi connectivity index (χ0v) is 17.3. The van der Waals surface area contributed by atoms with Crippen molar-refractivity contribution in [2.75, 3.05) is 36.5 Å². The first-order valence-electron chi connectivity index (χ1n) is 10.0. The number of anilines is 2. The van der Waals surface area contributed by atoms with Gasteiger partial charge in [0.1, 0.15) is 0 Å². The summed E-state index contributed by atoms with van der Waals surface area (Å²) in [5, 5.41) is 5.10. The summed E-state index contributed by atoms with van der Waals surface area (Å²) in [6, 6.07) is 18.0. The van der Waals surface area contributed by atoms with Crippen molar-refractivity contribution in [2.45, 2.75) is 6.42 Å². The van der Waals surface area contributed by atoms with Crippen LogP contribution < -0.4 is 10.2 Å². The van der Waals surface area contributed by atoms with E-state index >= 15 is 0 Å². The van der Waals surface area contributed by atoms with E-state index in [4.69, 9.17) is 9.72 Å². The Morgan fingerprint density at radius 1 is 1.07 bits per heavy atom. The molecule has 0 aliphatic carbocycles. The third-order valence-corrected chi connectivity index (χ3v) is 6.11. The van der Waals surface area contributed by atoms with Crippen LogP contribution in [0.25, 0.3) is 16.2 Å². The lowest BCUT2D eigenvalue weighted by atomic mass is 10.2. The molecular weight excluding hydrogens is 396 g/mol. The first-order chi connectivity index (χ1) is 14.8. The molecule has 7 heteroatoms. The molecule has 1 aliphatic heterocycles. The number of aromatic nitrogens is 2. The van der Waals surface area contributed by atoms with Gasteiger partial charge in [-0.2, -0.15) is 0 Å². The molecule has 0 unspecified atom stereocenters. The van der Waals surface area contributed by atoms with E-state index in [1.165, 1.54) is 0 Å². The summed E-state index contributed by atoms with van der Waals surface area (Å²) in [7, 11) is 0. The van der Waals surface area contributed by atoms with Crippen LogP contribution in [0.5, 0.6) is 0 Å². The molecule has 0 atom stereocenters. The first kappa shape index (κ1) is 18.8. The minimum Gasteiger partial charge on any atom is -0.378 e. The number of benzene rings is 2. The molecule has 3 heterocycles. The summed E-state index contributed by atoms with van der Waals surface area (Å²) in [6.07, 6.45) is 2.30. The summed E-state index contributed by atoms with van der Waals surface area (Å²) in [5.41, 5.74) is 4.81. The van der Waals surface area contributed by atoms with Gasteiger partial charge in [-0.25, -0.2) is 4.98 Å². The number of ether oxygens (including phenoxy) is 1. The molecule has 0 spiro atoms. The van der Waals surface area contributed by atoms with E-state index in [1.54, 1.807) is 11.3 Å². The molecule has 1 aliphatic rings. The molecule has 1 fully saturated rings. The molecule has 5 rings (SSSR count). The number of morpholine rings is 1. The van der Waals surface area contributed by atoms with Gasteiger partial charge in [-0.3, -0.25) is 9.20 Å². The number of imidazole rings is 1. The van der Waals surface area contributed by atoms with Crippen molar-refractivity contribution in [3.63, 3.8) is 0 Å². The van der Waals surface area contributed by atoms with Gasteiger partial charge in [-0.15, -0.1) is 11.3 Å². The van der Waals surface area contributed by atoms with Gasteiger partial charge < -0.3 is 15.0 Å². The average Bonchev–Trinajstić information content (AvgIpc) is 3.37. The quantitative estimate of drug-likeness (QED) is 0.531. The van der Waals surface area contributed by atoms with Gasteiger partial charge in [0.15, 0.2) is 4.96 Å². The summed E-state index contributed by atoms with van der Waals surface area (Å²) >= 11 is 1.55. The van der Waals surface area contributed by atoms with E-state index in [9.17, 15) is 4.79 Å². The lowest BCUT2D eigenvalue weighted by Gasteiger charge is -2.30. The Bertz CT molecular complexity index is 1160. The number of nitrogens with one attached hydrogen (secondary N) is 1. The van der Waals surface area contributed by atoms with E-state index < -0.39 is 0 Å². The number of hydrogen-bond donors (Lipinski definition) is 1. The van der Waals surface area contributed by atoms with Gasteiger partial charge in [-0.05, 0) is 12.1 Å². The summed E-state index contributed by atoms with van der Waals surface area (Å²) in [4.78, 5) is 20.7. The Morgan fingerprint density at radius 3 is 2.67 bits per heavy atom. The smallest absolute Gasteiger partial charge is 0.230 e. The number of para-hydroxylation sites is 2. The summed E-state index contributed by atoms with van der Waals surface area (Å²) < 4.78 is 7.46. The van der Waals surface area contributed by atoms with Gasteiger partial charge in [0.25, 0.3) is 0 Å². The van der Waals surface area contributed by atoms with Crippen LogP contribution >= 0.6 is 11.3 Å². The predicted molar refractivity (Wildman–Crippen MR) is 120 cm³/mol. The lowest BCUT2D eigenvalue weighted by molar-refractivity contribution is -0.115. The Morgan fingerprint density at radius 2 is 1.83 bits per heavy atom. The van der Waals surface area contributed by atoms with Gasteiger partial charge in [0.2, 0.25) is 5.91 Å². The van der Waals surface area contributed by atoms with Crippen LogP contribution in [0.4, 0.5) is 11.4 Å². The molecule has 0 bridgehead atoms. The molecule has 6 nitrogen and oxygen atoms in total. The highest BCUT2D eigenvalue weighted by Crippen LogP contribution is 2.27. The standard InChI is InChI=1S/C23H22N4O2S/c28-22(24-19-8-4-5-9-21(19)26-10-12-29-13-11-26)14-18-16-30-23-25-20(15-27(18)23)17-6-2-1-3-7-17/h1-9,15-16H,10-14H2,(H,24,28). The van der Waals surface area contributed by atoms with Crippen molar-refractivity contribution in [3.05, 3.63) is 71.9 Å². The van der Waals surface area contributed by atoms with Crippen LogP contribution in [0.3, 0.4) is 0 Å². The van der Waals surface area contributed by atoms with Crippen molar-refractivity contribution in [1.29, 1.82) is 0 Å². The minimum absolute atomic E-state index is 0.0367. The number of nitrogens with zero attached hydrogens (tertiary/aromatic N) is 3. The van der Waals surface area contributed by atoms with Crippen molar-refractivity contribution >= 4 is 33.6 Å². The van der Waals surface area contributed by atoms with E-state index in [0.29, 0.717) is 19.6 Å². The molecule has 1 saturated heterocycles. The molecule has 152 valence electrons. The maximum Gasteiger partial charge on any atom is 0.230 e. The second-order valence-corrected chi connectivity index (χ2v) is 8.05. The Hall–Kier alpha value is -3.16. The molecule has 1 amide bonds. The second kappa shape index (κ2) is 8.30. The third kappa shape index (κ3) is 3.81. The Labute approximate surface area is 178 Å². The fourth-order valence-electron chi connectivity index (χ4n) is 3.72. The number of amides is 1. The van der Waals surface area contributed by atoms with E-state index in [2.05, 4.69) is 10.2 Å².